The Hall–Kier alpha value is -5.90. The molecule has 4 aromatic rings. The smallest absolute Gasteiger partial charge is 0.343 e. The first-order chi connectivity index (χ1) is 20.5. The van der Waals surface area contributed by atoms with E-state index in [-0.39, 0.29) is 24.3 Å². The number of benzene rings is 4. The van der Waals surface area contributed by atoms with E-state index < -0.39 is 23.8 Å². The van der Waals surface area contributed by atoms with Crippen molar-refractivity contribution >= 4 is 36.2 Å². The summed E-state index contributed by atoms with van der Waals surface area (Å²) in [5.41, 5.74) is 6.44. The number of ether oxygens (including phenoxy) is 2. The van der Waals surface area contributed by atoms with Crippen molar-refractivity contribution in [3.63, 3.8) is 0 Å². The van der Waals surface area contributed by atoms with E-state index in [1.807, 2.05) is 0 Å². The summed E-state index contributed by atoms with van der Waals surface area (Å²) >= 11 is 0. The second-order valence-electron chi connectivity index (χ2n) is 8.67. The number of para-hydroxylation sites is 2. The molecule has 10 nitrogen and oxygen atoms in total. The van der Waals surface area contributed by atoms with Crippen LogP contribution in [-0.4, -0.2) is 36.2 Å². The lowest BCUT2D eigenvalue weighted by Crippen LogP contribution is -2.23. The highest BCUT2D eigenvalue weighted by molar-refractivity contribution is 5.94. The Kier molecular flexibility index (Phi) is 10.4. The lowest BCUT2D eigenvalue weighted by molar-refractivity contribution is -0.126. The molecule has 0 atom stereocenters. The van der Waals surface area contributed by atoms with Crippen LogP contribution in [0.4, 0.5) is 0 Å². The third-order valence-electron chi connectivity index (χ3n) is 5.63. The number of hydrazone groups is 2. The van der Waals surface area contributed by atoms with Crippen LogP contribution in [0.1, 0.15) is 44.7 Å². The van der Waals surface area contributed by atoms with Crippen molar-refractivity contribution < 1.29 is 28.7 Å². The van der Waals surface area contributed by atoms with E-state index >= 15 is 0 Å². The minimum Gasteiger partial charge on any atom is -0.422 e. The monoisotopic (exact) mass is 562 g/mol. The summed E-state index contributed by atoms with van der Waals surface area (Å²) in [6.07, 6.45) is 2.40. The molecule has 0 aliphatic carbocycles. The van der Waals surface area contributed by atoms with E-state index in [4.69, 9.17) is 9.47 Å². The van der Waals surface area contributed by atoms with Gasteiger partial charge in [0.1, 0.15) is 11.5 Å². The summed E-state index contributed by atoms with van der Waals surface area (Å²) in [6, 6.07) is 30.6. The SMILES string of the molecule is O=C(CCC(=O)NN=Cc1ccccc1OC(=O)c1ccccc1)NN=Cc1ccccc1OC(=O)c1ccccc1. The zero-order chi connectivity index (χ0) is 29.6. The van der Waals surface area contributed by atoms with E-state index in [2.05, 4.69) is 21.1 Å². The van der Waals surface area contributed by atoms with E-state index in [0.717, 1.165) is 0 Å². The van der Waals surface area contributed by atoms with Crippen molar-refractivity contribution in [1.29, 1.82) is 0 Å². The number of hydrogen-bond donors (Lipinski definition) is 2. The predicted molar refractivity (Wildman–Crippen MR) is 156 cm³/mol. The van der Waals surface area contributed by atoms with E-state index in [1.165, 1.54) is 12.4 Å². The zero-order valence-corrected chi connectivity index (χ0v) is 22.3. The Bertz CT molecular complexity index is 1480. The first-order valence-corrected chi connectivity index (χ1v) is 12.9. The quantitative estimate of drug-likeness (QED) is 0.120. The molecule has 4 aromatic carbocycles. The average molecular weight is 563 g/mol. The Morgan fingerprint density at radius 2 is 0.881 bits per heavy atom. The van der Waals surface area contributed by atoms with Crippen LogP contribution in [0.25, 0.3) is 0 Å². The molecule has 4 rings (SSSR count). The molecule has 0 fully saturated rings. The Morgan fingerprint density at radius 3 is 1.29 bits per heavy atom. The topological polar surface area (TPSA) is 136 Å². The average Bonchev–Trinajstić information content (AvgIpc) is 3.02. The van der Waals surface area contributed by atoms with Gasteiger partial charge in [0, 0.05) is 24.0 Å². The molecule has 0 radical (unpaired) electrons. The highest BCUT2D eigenvalue weighted by Gasteiger charge is 2.12. The van der Waals surface area contributed by atoms with Gasteiger partial charge in [0.2, 0.25) is 11.8 Å². The predicted octanol–water partition coefficient (Wildman–Crippen LogP) is 4.51. The molecular weight excluding hydrogens is 536 g/mol. The second-order valence-corrected chi connectivity index (χ2v) is 8.67. The van der Waals surface area contributed by atoms with Crippen molar-refractivity contribution in [2.75, 3.05) is 0 Å². The molecule has 210 valence electrons. The summed E-state index contributed by atoms with van der Waals surface area (Å²) in [5.74, 6) is -1.49. The van der Waals surface area contributed by atoms with Gasteiger partial charge >= 0.3 is 11.9 Å². The minimum atomic E-state index is -0.522. The summed E-state index contributed by atoms with van der Waals surface area (Å²) in [5, 5.41) is 7.80. The molecule has 0 spiro atoms. The molecule has 42 heavy (non-hydrogen) atoms. The standard InChI is InChI=1S/C32H26N4O6/c37-29(35-33-21-25-15-7-9-17-27(25)41-31(39)23-11-3-1-4-12-23)19-20-30(38)36-34-22-26-16-8-10-18-28(26)42-32(40)24-13-5-2-6-14-24/h1-18,21-22H,19-20H2,(H,35,37)(H,36,38). The van der Waals surface area contributed by atoms with E-state index in [0.29, 0.717) is 22.3 Å². The maximum atomic E-state index is 12.4. The molecule has 0 aromatic heterocycles. The minimum absolute atomic E-state index is 0.144. The molecule has 0 saturated carbocycles. The first-order valence-electron chi connectivity index (χ1n) is 12.9. The molecule has 0 aliphatic heterocycles. The Balaban J connectivity index is 1.23. The summed E-state index contributed by atoms with van der Waals surface area (Å²) in [6.45, 7) is 0. The third-order valence-corrected chi connectivity index (χ3v) is 5.63. The summed E-state index contributed by atoms with van der Waals surface area (Å²) < 4.78 is 10.9. The van der Waals surface area contributed by atoms with E-state index in [9.17, 15) is 19.2 Å². The fourth-order valence-corrected chi connectivity index (χ4v) is 3.51. The van der Waals surface area contributed by atoms with Gasteiger partial charge in [0.15, 0.2) is 0 Å². The van der Waals surface area contributed by atoms with Gasteiger partial charge in [0.05, 0.1) is 23.6 Å². The Labute approximate surface area is 241 Å². The lowest BCUT2D eigenvalue weighted by atomic mass is 10.2. The van der Waals surface area contributed by atoms with Crippen molar-refractivity contribution in [1.82, 2.24) is 10.9 Å². The van der Waals surface area contributed by atoms with Crippen LogP contribution in [-0.2, 0) is 9.59 Å². The van der Waals surface area contributed by atoms with Crippen molar-refractivity contribution in [2.45, 2.75) is 12.8 Å². The van der Waals surface area contributed by atoms with Crippen LogP contribution in [0.3, 0.4) is 0 Å². The zero-order valence-electron chi connectivity index (χ0n) is 22.3. The number of esters is 2. The van der Waals surface area contributed by atoms with E-state index in [1.54, 1.807) is 109 Å². The highest BCUT2D eigenvalue weighted by Crippen LogP contribution is 2.19. The summed E-state index contributed by atoms with van der Waals surface area (Å²) in [7, 11) is 0. The maximum absolute atomic E-state index is 12.4. The first kappa shape index (κ1) is 29.1. The molecule has 2 amide bonds. The van der Waals surface area contributed by atoms with Crippen LogP contribution in [0.5, 0.6) is 11.5 Å². The van der Waals surface area contributed by atoms with Gasteiger partial charge in [-0.1, -0.05) is 60.7 Å². The van der Waals surface area contributed by atoms with Crippen LogP contribution in [0.2, 0.25) is 0 Å². The van der Waals surface area contributed by atoms with Gasteiger partial charge in [-0.2, -0.15) is 10.2 Å². The van der Waals surface area contributed by atoms with Gasteiger partial charge in [-0.05, 0) is 48.5 Å². The number of hydrogen-bond acceptors (Lipinski definition) is 8. The van der Waals surface area contributed by atoms with Crippen molar-refractivity contribution in [3.05, 3.63) is 131 Å². The fraction of sp³-hybridized carbons (Fsp3) is 0.0625. The molecule has 0 bridgehead atoms. The summed E-state index contributed by atoms with van der Waals surface area (Å²) in [4.78, 5) is 49.1. The Morgan fingerprint density at radius 1 is 0.524 bits per heavy atom. The van der Waals surface area contributed by atoms with Gasteiger partial charge in [0.25, 0.3) is 0 Å². The van der Waals surface area contributed by atoms with Crippen LogP contribution < -0.4 is 20.3 Å². The number of carbonyl (C=O) groups excluding carboxylic acids is 4. The highest BCUT2D eigenvalue weighted by atomic mass is 16.5. The van der Waals surface area contributed by atoms with Gasteiger partial charge in [-0.3, -0.25) is 9.59 Å². The molecule has 0 unspecified atom stereocenters. The molecule has 10 heteroatoms. The number of rotatable bonds is 11. The third kappa shape index (κ3) is 8.82. The lowest BCUT2D eigenvalue weighted by Gasteiger charge is -2.07. The van der Waals surface area contributed by atoms with Gasteiger partial charge in [-0.15, -0.1) is 0 Å². The second kappa shape index (κ2) is 15.0. The molecule has 2 N–H and O–H groups in total. The molecule has 0 aliphatic rings. The largest absolute Gasteiger partial charge is 0.422 e. The number of carbonyl (C=O) groups is 4. The van der Waals surface area contributed by atoms with Crippen LogP contribution in [0, 0.1) is 0 Å². The molecular formula is C32H26N4O6. The number of amides is 2. The van der Waals surface area contributed by atoms with Crippen LogP contribution in [0.15, 0.2) is 119 Å². The fourth-order valence-electron chi connectivity index (χ4n) is 3.51. The van der Waals surface area contributed by atoms with Gasteiger partial charge < -0.3 is 9.47 Å². The molecule has 0 heterocycles. The van der Waals surface area contributed by atoms with Gasteiger partial charge in [-0.25, -0.2) is 20.4 Å². The van der Waals surface area contributed by atoms with Crippen LogP contribution >= 0.6 is 0 Å². The number of nitrogens with one attached hydrogen (secondary N) is 2. The molecule has 0 saturated heterocycles. The van der Waals surface area contributed by atoms with Crippen molar-refractivity contribution in [3.8, 4) is 11.5 Å². The number of nitrogens with zero attached hydrogens (tertiary/aromatic N) is 2. The van der Waals surface area contributed by atoms with Crippen molar-refractivity contribution in [2.24, 2.45) is 10.2 Å². The normalized spacial score (nSPS) is 10.8. The maximum Gasteiger partial charge on any atom is 0.343 e.